The van der Waals surface area contributed by atoms with E-state index in [2.05, 4.69) is 38.2 Å². The van der Waals surface area contributed by atoms with E-state index in [1.165, 1.54) is 5.56 Å². The largest absolute Gasteiger partial charge is 0.355 e. The molecule has 0 aliphatic heterocycles. The van der Waals surface area contributed by atoms with Crippen molar-refractivity contribution in [2.75, 3.05) is 7.05 Å². The number of rotatable bonds is 5. The Balaban J connectivity index is 1.75. The van der Waals surface area contributed by atoms with Crippen LogP contribution < -0.4 is 5.32 Å². The second-order valence-corrected chi connectivity index (χ2v) is 8.27. The summed E-state index contributed by atoms with van der Waals surface area (Å²) < 4.78 is 0. The van der Waals surface area contributed by atoms with Gasteiger partial charge in [-0.3, -0.25) is 9.59 Å². The van der Waals surface area contributed by atoms with Crippen LogP contribution in [0.4, 0.5) is 0 Å². The van der Waals surface area contributed by atoms with E-state index in [1.54, 1.807) is 7.05 Å². The topological polar surface area (TPSA) is 49.4 Å². The van der Waals surface area contributed by atoms with Crippen LogP contribution >= 0.6 is 0 Å². The number of nitrogens with one attached hydrogen (secondary N) is 1. The smallest absolute Gasteiger partial charge is 0.254 e. The quantitative estimate of drug-likeness (QED) is 0.866. The van der Waals surface area contributed by atoms with Gasteiger partial charge in [-0.1, -0.05) is 45.0 Å². The summed E-state index contributed by atoms with van der Waals surface area (Å²) in [4.78, 5) is 26.7. The van der Waals surface area contributed by atoms with E-state index in [0.29, 0.717) is 18.2 Å². The molecule has 1 aliphatic carbocycles. The zero-order chi connectivity index (χ0) is 19.6. The summed E-state index contributed by atoms with van der Waals surface area (Å²) >= 11 is 0. The lowest BCUT2D eigenvalue weighted by Crippen LogP contribution is -2.32. The highest BCUT2D eigenvalue weighted by Gasteiger charge is 2.33. The molecule has 0 bridgehead atoms. The van der Waals surface area contributed by atoms with E-state index in [-0.39, 0.29) is 17.2 Å². The molecule has 2 amide bonds. The van der Waals surface area contributed by atoms with Gasteiger partial charge in [-0.2, -0.15) is 0 Å². The summed E-state index contributed by atoms with van der Waals surface area (Å²) in [6.45, 7) is 7.08. The van der Waals surface area contributed by atoms with Crippen LogP contribution in [0.1, 0.15) is 65.5 Å². The van der Waals surface area contributed by atoms with E-state index in [4.69, 9.17) is 0 Å². The van der Waals surface area contributed by atoms with E-state index >= 15 is 0 Å². The highest BCUT2D eigenvalue weighted by Crippen LogP contribution is 2.30. The van der Waals surface area contributed by atoms with Crippen LogP contribution in [0.15, 0.2) is 48.5 Å². The highest BCUT2D eigenvalue weighted by atomic mass is 16.2. The SMILES string of the molecule is CNC(=O)c1ccc(CN(C(=O)c2ccc(C(C)(C)C)cc2)C2CC2)cc1. The Labute approximate surface area is 161 Å². The summed E-state index contributed by atoms with van der Waals surface area (Å²) in [5.41, 5.74) is 3.70. The Morgan fingerprint density at radius 1 is 0.963 bits per heavy atom. The van der Waals surface area contributed by atoms with Gasteiger partial charge in [-0.25, -0.2) is 0 Å². The van der Waals surface area contributed by atoms with Gasteiger partial charge in [0.15, 0.2) is 0 Å². The van der Waals surface area contributed by atoms with Crippen LogP contribution in [0.3, 0.4) is 0 Å². The second kappa shape index (κ2) is 7.55. The molecule has 1 fully saturated rings. The monoisotopic (exact) mass is 364 g/mol. The minimum absolute atomic E-state index is 0.0737. The van der Waals surface area contributed by atoms with Gasteiger partial charge in [0.25, 0.3) is 11.8 Å². The van der Waals surface area contributed by atoms with Crippen LogP contribution in [-0.4, -0.2) is 29.8 Å². The van der Waals surface area contributed by atoms with Gasteiger partial charge in [-0.05, 0) is 53.6 Å². The Hall–Kier alpha value is -2.62. The lowest BCUT2D eigenvalue weighted by molar-refractivity contribution is 0.0729. The molecular formula is C23H28N2O2. The molecular weight excluding hydrogens is 336 g/mol. The van der Waals surface area contributed by atoms with Crippen molar-refractivity contribution in [2.45, 2.75) is 51.6 Å². The molecule has 4 nitrogen and oxygen atoms in total. The lowest BCUT2D eigenvalue weighted by Gasteiger charge is -2.24. The molecule has 0 heterocycles. The van der Waals surface area contributed by atoms with Crippen LogP contribution in [0, 0.1) is 0 Å². The maximum atomic E-state index is 13.1. The molecule has 1 N–H and O–H groups in total. The zero-order valence-electron chi connectivity index (χ0n) is 16.6. The second-order valence-electron chi connectivity index (χ2n) is 8.27. The van der Waals surface area contributed by atoms with Crippen molar-refractivity contribution in [1.82, 2.24) is 10.2 Å². The van der Waals surface area contributed by atoms with Crippen LogP contribution in [-0.2, 0) is 12.0 Å². The molecule has 1 saturated carbocycles. The van der Waals surface area contributed by atoms with Crippen LogP contribution in [0.5, 0.6) is 0 Å². The number of hydrogen-bond acceptors (Lipinski definition) is 2. The van der Waals surface area contributed by atoms with Crippen molar-refractivity contribution < 1.29 is 9.59 Å². The first-order valence-corrected chi connectivity index (χ1v) is 9.52. The minimum atomic E-state index is -0.101. The molecule has 2 aromatic rings. The molecule has 3 rings (SSSR count). The van der Waals surface area contributed by atoms with E-state index in [9.17, 15) is 9.59 Å². The van der Waals surface area contributed by atoms with Crippen molar-refractivity contribution in [3.8, 4) is 0 Å². The number of benzene rings is 2. The summed E-state index contributed by atoms with van der Waals surface area (Å²) in [6.07, 6.45) is 2.12. The highest BCUT2D eigenvalue weighted by molar-refractivity contribution is 5.95. The summed E-state index contributed by atoms with van der Waals surface area (Å²) in [7, 11) is 1.62. The van der Waals surface area contributed by atoms with Gasteiger partial charge in [0, 0.05) is 30.8 Å². The molecule has 1 aliphatic rings. The average Bonchev–Trinajstić information content (AvgIpc) is 3.50. The third kappa shape index (κ3) is 4.57. The Morgan fingerprint density at radius 3 is 2.00 bits per heavy atom. The number of carbonyl (C=O) groups excluding carboxylic acids is 2. The predicted octanol–water partition coefficient (Wildman–Crippen LogP) is 4.15. The molecule has 0 unspecified atom stereocenters. The molecule has 0 radical (unpaired) electrons. The number of carbonyl (C=O) groups is 2. The van der Waals surface area contributed by atoms with E-state index in [0.717, 1.165) is 24.0 Å². The van der Waals surface area contributed by atoms with Crippen molar-refractivity contribution in [2.24, 2.45) is 0 Å². The summed E-state index contributed by atoms with van der Waals surface area (Å²) in [5, 5.41) is 2.62. The Morgan fingerprint density at radius 2 is 1.52 bits per heavy atom. The van der Waals surface area contributed by atoms with E-state index < -0.39 is 0 Å². The van der Waals surface area contributed by atoms with Crippen molar-refractivity contribution in [3.63, 3.8) is 0 Å². The van der Waals surface area contributed by atoms with Crippen molar-refractivity contribution in [1.29, 1.82) is 0 Å². The van der Waals surface area contributed by atoms with Crippen LogP contribution in [0.25, 0.3) is 0 Å². The fourth-order valence-electron chi connectivity index (χ4n) is 3.13. The summed E-state index contributed by atoms with van der Waals surface area (Å²) in [6, 6.07) is 15.8. The third-order valence-corrected chi connectivity index (χ3v) is 5.04. The van der Waals surface area contributed by atoms with Crippen molar-refractivity contribution in [3.05, 3.63) is 70.8 Å². The Bertz CT molecular complexity index is 813. The summed E-state index contributed by atoms with van der Waals surface area (Å²) in [5.74, 6) is -0.0241. The van der Waals surface area contributed by atoms with Gasteiger partial charge < -0.3 is 10.2 Å². The predicted molar refractivity (Wildman–Crippen MR) is 108 cm³/mol. The molecule has 4 heteroatoms. The first-order chi connectivity index (χ1) is 12.8. The molecule has 0 atom stereocenters. The Kier molecular flexibility index (Phi) is 5.36. The molecule has 0 spiro atoms. The molecule has 0 aromatic heterocycles. The van der Waals surface area contributed by atoms with Crippen LogP contribution in [0.2, 0.25) is 0 Å². The molecule has 142 valence electrons. The van der Waals surface area contributed by atoms with Crippen molar-refractivity contribution >= 4 is 11.8 Å². The first kappa shape index (κ1) is 19.2. The molecule has 0 saturated heterocycles. The van der Waals surface area contributed by atoms with Gasteiger partial charge >= 0.3 is 0 Å². The van der Waals surface area contributed by atoms with Gasteiger partial charge in [0.05, 0.1) is 0 Å². The standard InChI is InChI=1S/C23H28N2O2/c1-23(2,3)19-11-9-18(10-12-19)22(27)25(20-13-14-20)15-16-5-7-17(8-6-16)21(26)24-4/h5-12,20H,13-15H2,1-4H3,(H,24,26). The maximum absolute atomic E-state index is 13.1. The zero-order valence-corrected chi connectivity index (χ0v) is 16.6. The first-order valence-electron chi connectivity index (χ1n) is 9.52. The molecule has 27 heavy (non-hydrogen) atoms. The number of amides is 2. The fourth-order valence-corrected chi connectivity index (χ4v) is 3.13. The van der Waals surface area contributed by atoms with E-state index in [1.807, 2.05) is 41.3 Å². The van der Waals surface area contributed by atoms with Gasteiger partial charge in [0.1, 0.15) is 0 Å². The normalized spacial score (nSPS) is 13.9. The average molecular weight is 364 g/mol. The lowest BCUT2D eigenvalue weighted by atomic mass is 9.86. The van der Waals surface area contributed by atoms with Gasteiger partial charge in [0.2, 0.25) is 0 Å². The fraction of sp³-hybridized carbons (Fsp3) is 0.391. The van der Waals surface area contributed by atoms with Gasteiger partial charge in [-0.15, -0.1) is 0 Å². The molecule has 2 aromatic carbocycles. The number of hydrogen-bond donors (Lipinski definition) is 1. The minimum Gasteiger partial charge on any atom is -0.355 e. The maximum Gasteiger partial charge on any atom is 0.254 e. The third-order valence-electron chi connectivity index (χ3n) is 5.04. The number of nitrogens with zero attached hydrogens (tertiary/aromatic N) is 1.